The van der Waals surface area contributed by atoms with Crippen molar-refractivity contribution in [3.8, 4) is 0 Å². The number of aliphatic hydroxyl groups is 1. The van der Waals surface area contributed by atoms with Gasteiger partial charge >= 0.3 is 6.11 Å². The Kier molecular flexibility index (Phi) is 3.49. The molecule has 0 aromatic heterocycles. The fourth-order valence-electron chi connectivity index (χ4n) is 0.815. The molecule has 1 aromatic carbocycles. The van der Waals surface area contributed by atoms with E-state index in [2.05, 4.69) is 4.74 Å². The average Bonchev–Trinajstić information content (AvgIpc) is 2.17. The van der Waals surface area contributed by atoms with Gasteiger partial charge in [-0.2, -0.15) is 8.78 Å². The van der Waals surface area contributed by atoms with E-state index in [4.69, 9.17) is 5.11 Å². The lowest BCUT2D eigenvalue weighted by atomic mass is 10.2. The van der Waals surface area contributed by atoms with Crippen LogP contribution in [-0.4, -0.2) is 17.8 Å². The molecule has 0 fully saturated rings. The summed E-state index contributed by atoms with van der Waals surface area (Å²) in [7, 11) is 0. The Hall–Kier alpha value is -1.07. The van der Waals surface area contributed by atoms with Crippen LogP contribution in [0.4, 0.5) is 13.2 Å². The molecule has 0 aliphatic carbocycles. The van der Waals surface area contributed by atoms with Crippen LogP contribution in [0.2, 0.25) is 0 Å². The molecule has 0 atom stereocenters. The molecule has 1 N–H and O–H groups in total. The van der Waals surface area contributed by atoms with E-state index >= 15 is 0 Å². The quantitative estimate of drug-likeness (QED) is 0.815. The summed E-state index contributed by atoms with van der Waals surface area (Å²) in [5.41, 5.74) is 0.416. The van der Waals surface area contributed by atoms with Crippen LogP contribution in [-0.2, 0) is 11.3 Å². The number of halogens is 3. The van der Waals surface area contributed by atoms with Gasteiger partial charge in [-0.25, -0.2) is 4.39 Å². The van der Waals surface area contributed by atoms with E-state index in [0.29, 0.717) is 5.56 Å². The third-order valence-electron chi connectivity index (χ3n) is 1.55. The van der Waals surface area contributed by atoms with Crippen molar-refractivity contribution in [3.05, 3.63) is 35.6 Å². The van der Waals surface area contributed by atoms with E-state index in [1.54, 1.807) is 0 Å². The fraction of sp³-hybridized carbons (Fsp3) is 0.333. The van der Waals surface area contributed by atoms with Crippen molar-refractivity contribution >= 4 is 0 Å². The maximum Gasteiger partial charge on any atom is 0.379 e. The molecule has 1 rings (SSSR count). The SMILES string of the molecule is OCC(F)(F)OCc1ccc(F)cc1. The molecule has 0 saturated carbocycles. The van der Waals surface area contributed by atoms with Gasteiger partial charge in [0.1, 0.15) is 12.4 Å². The minimum absolute atomic E-state index is 0.367. The van der Waals surface area contributed by atoms with E-state index in [9.17, 15) is 13.2 Å². The topological polar surface area (TPSA) is 29.5 Å². The first-order valence-electron chi connectivity index (χ1n) is 3.90. The molecular weight excluding hydrogens is 197 g/mol. The highest BCUT2D eigenvalue weighted by atomic mass is 19.3. The molecule has 0 amide bonds. The number of rotatable bonds is 4. The Morgan fingerprint density at radius 1 is 1.21 bits per heavy atom. The third-order valence-corrected chi connectivity index (χ3v) is 1.55. The summed E-state index contributed by atoms with van der Waals surface area (Å²) in [6.07, 6.45) is -3.55. The predicted octanol–water partition coefficient (Wildman–Crippen LogP) is 1.93. The highest BCUT2D eigenvalue weighted by Gasteiger charge is 2.28. The van der Waals surface area contributed by atoms with Crippen LogP contribution in [0.5, 0.6) is 0 Å². The minimum Gasteiger partial charge on any atom is -0.387 e. The molecule has 0 unspecified atom stereocenters. The van der Waals surface area contributed by atoms with Crippen molar-refractivity contribution in [1.29, 1.82) is 0 Å². The Labute approximate surface area is 78.9 Å². The molecule has 0 aliphatic rings. The minimum atomic E-state index is -3.55. The first-order valence-corrected chi connectivity index (χ1v) is 3.90. The molecule has 5 heteroatoms. The maximum atomic E-state index is 12.4. The number of hydrogen-bond acceptors (Lipinski definition) is 2. The Morgan fingerprint density at radius 2 is 1.79 bits per heavy atom. The van der Waals surface area contributed by atoms with Gasteiger partial charge in [0.25, 0.3) is 0 Å². The van der Waals surface area contributed by atoms with Crippen LogP contribution in [0, 0.1) is 5.82 Å². The van der Waals surface area contributed by atoms with E-state index in [0.717, 1.165) is 12.1 Å². The smallest absolute Gasteiger partial charge is 0.379 e. The summed E-state index contributed by atoms with van der Waals surface area (Å²) in [6, 6.07) is 4.97. The van der Waals surface area contributed by atoms with E-state index in [-0.39, 0.29) is 6.61 Å². The van der Waals surface area contributed by atoms with Crippen LogP contribution < -0.4 is 0 Å². The third kappa shape index (κ3) is 3.35. The van der Waals surface area contributed by atoms with Gasteiger partial charge in [0.05, 0.1) is 6.61 Å². The van der Waals surface area contributed by atoms with Crippen LogP contribution in [0.25, 0.3) is 0 Å². The first kappa shape index (κ1) is 11.0. The van der Waals surface area contributed by atoms with Gasteiger partial charge in [0.2, 0.25) is 0 Å². The summed E-state index contributed by atoms with van der Waals surface area (Å²) in [5.74, 6) is -0.442. The van der Waals surface area contributed by atoms with Gasteiger partial charge in [-0.15, -0.1) is 0 Å². The largest absolute Gasteiger partial charge is 0.387 e. The van der Waals surface area contributed by atoms with E-state index in [1.807, 2.05) is 0 Å². The van der Waals surface area contributed by atoms with Crippen molar-refractivity contribution in [2.45, 2.75) is 12.7 Å². The molecule has 0 radical (unpaired) electrons. The Balaban J connectivity index is 2.50. The van der Waals surface area contributed by atoms with Crippen LogP contribution in [0.3, 0.4) is 0 Å². The van der Waals surface area contributed by atoms with Crippen molar-refractivity contribution < 1.29 is 23.0 Å². The standard InChI is InChI=1S/C9H9F3O2/c10-8-3-1-7(2-4-8)5-14-9(11,12)6-13/h1-4,13H,5-6H2. The van der Waals surface area contributed by atoms with Crippen molar-refractivity contribution in [1.82, 2.24) is 0 Å². The molecule has 0 aliphatic heterocycles. The molecule has 0 spiro atoms. The molecular formula is C9H9F3O2. The lowest BCUT2D eigenvalue weighted by Gasteiger charge is -2.13. The van der Waals surface area contributed by atoms with Crippen molar-refractivity contribution in [2.24, 2.45) is 0 Å². The van der Waals surface area contributed by atoms with Crippen molar-refractivity contribution in [3.63, 3.8) is 0 Å². The van der Waals surface area contributed by atoms with Gasteiger partial charge in [0.15, 0.2) is 0 Å². The van der Waals surface area contributed by atoms with Gasteiger partial charge in [-0.3, -0.25) is 0 Å². The molecule has 0 saturated heterocycles. The second kappa shape index (κ2) is 4.43. The average molecular weight is 206 g/mol. The Morgan fingerprint density at radius 3 is 2.29 bits per heavy atom. The monoisotopic (exact) mass is 206 g/mol. The van der Waals surface area contributed by atoms with Crippen molar-refractivity contribution in [2.75, 3.05) is 6.61 Å². The second-order valence-corrected chi connectivity index (χ2v) is 2.71. The predicted molar refractivity (Wildman–Crippen MR) is 43.2 cm³/mol. The molecule has 2 nitrogen and oxygen atoms in total. The normalized spacial score (nSPS) is 11.7. The summed E-state index contributed by atoms with van der Waals surface area (Å²) in [6.45, 7) is -1.73. The zero-order chi connectivity index (χ0) is 10.6. The summed E-state index contributed by atoms with van der Waals surface area (Å²) < 4.78 is 41.2. The zero-order valence-corrected chi connectivity index (χ0v) is 7.21. The summed E-state index contributed by atoms with van der Waals surface area (Å²) >= 11 is 0. The number of ether oxygens (including phenoxy) is 1. The van der Waals surface area contributed by atoms with Crippen LogP contribution in [0.15, 0.2) is 24.3 Å². The number of aliphatic hydroxyl groups excluding tert-OH is 1. The lowest BCUT2D eigenvalue weighted by Crippen LogP contribution is -2.25. The molecule has 0 heterocycles. The van der Waals surface area contributed by atoms with Crippen LogP contribution >= 0.6 is 0 Å². The molecule has 0 bridgehead atoms. The number of alkyl halides is 2. The zero-order valence-electron chi connectivity index (χ0n) is 7.21. The van der Waals surface area contributed by atoms with Gasteiger partial charge < -0.3 is 9.84 Å². The Bertz CT molecular complexity index is 285. The lowest BCUT2D eigenvalue weighted by molar-refractivity contribution is -0.263. The summed E-state index contributed by atoms with van der Waals surface area (Å²) in [4.78, 5) is 0. The summed E-state index contributed by atoms with van der Waals surface area (Å²) in [5, 5.41) is 8.18. The fourth-order valence-corrected chi connectivity index (χ4v) is 0.815. The molecule has 78 valence electrons. The van der Waals surface area contributed by atoms with Crippen LogP contribution in [0.1, 0.15) is 5.56 Å². The highest BCUT2D eigenvalue weighted by Crippen LogP contribution is 2.16. The van der Waals surface area contributed by atoms with Gasteiger partial charge in [-0.05, 0) is 17.7 Å². The second-order valence-electron chi connectivity index (χ2n) is 2.71. The van der Waals surface area contributed by atoms with Gasteiger partial charge in [0, 0.05) is 0 Å². The molecule has 14 heavy (non-hydrogen) atoms. The molecule has 1 aromatic rings. The van der Waals surface area contributed by atoms with Gasteiger partial charge in [-0.1, -0.05) is 12.1 Å². The number of benzene rings is 1. The number of hydrogen-bond donors (Lipinski definition) is 1. The maximum absolute atomic E-state index is 12.4. The van der Waals surface area contributed by atoms with E-state index in [1.165, 1.54) is 12.1 Å². The highest BCUT2D eigenvalue weighted by molar-refractivity contribution is 5.14. The first-order chi connectivity index (χ1) is 6.53. The van der Waals surface area contributed by atoms with E-state index < -0.39 is 18.5 Å².